The smallest absolute Gasteiger partial charge is 0.172 e. The number of methoxy groups -OCH3 is 1. The quantitative estimate of drug-likeness (QED) is 0.684. The minimum atomic E-state index is -0.140. The van der Waals surface area contributed by atoms with Gasteiger partial charge < -0.3 is 4.74 Å². The molecule has 0 aliphatic heterocycles. The van der Waals surface area contributed by atoms with Gasteiger partial charge in [-0.2, -0.15) is 0 Å². The molecule has 82 valence electrons. The minimum Gasteiger partial charge on any atom is -0.375 e. The highest BCUT2D eigenvalue weighted by Crippen LogP contribution is 2.31. The first-order chi connectivity index (χ1) is 7.26. The molecule has 5 heteroatoms. The van der Waals surface area contributed by atoms with Gasteiger partial charge in [-0.25, -0.2) is 4.68 Å². The van der Waals surface area contributed by atoms with Crippen molar-refractivity contribution in [3.05, 3.63) is 11.4 Å². The Balaban J connectivity index is 2.26. The van der Waals surface area contributed by atoms with Crippen LogP contribution in [0.25, 0.3) is 0 Å². The van der Waals surface area contributed by atoms with E-state index >= 15 is 0 Å². The van der Waals surface area contributed by atoms with Crippen molar-refractivity contribution in [3.63, 3.8) is 0 Å². The van der Waals surface area contributed by atoms with Crippen molar-refractivity contribution in [2.45, 2.75) is 32.4 Å². The van der Waals surface area contributed by atoms with Crippen molar-refractivity contribution in [3.8, 4) is 0 Å². The molecule has 1 heterocycles. The third kappa shape index (κ3) is 2.07. The van der Waals surface area contributed by atoms with E-state index in [4.69, 9.17) is 4.74 Å². The highest BCUT2D eigenvalue weighted by Gasteiger charge is 2.26. The van der Waals surface area contributed by atoms with Gasteiger partial charge in [0.05, 0.1) is 11.8 Å². The summed E-state index contributed by atoms with van der Waals surface area (Å²) >= 11 is 0. The van der Waals surface area contributed by atoms with E-state index in [9.17, 15) is 4.79 Å². The molecule has 1 aromatic heterocycles. The van der Waals surface area contributed by atoms with Crippen LogP contribution in [0, 0.1) is 5.92 Å². The normalized spacial score (nSPS) is 17.7. The van der Waals surface area contributed by atoms with Gasteiger partial charge in [0.2, 0.25) is 0 Å². The van der Waals surface area contributed by atoms with Crippen LogP contribution >= 0.6 is 0 Å². The fraction of sp³-hybridized carbons (Fsp3) is 0.700. The molecule has 1 unspecified atom stereocenters. The molecule has 1 saturated carbocycles. The molecule has 15 heavy (non-hydrogen) atoms. The molecule has 0 aromatic carbocycles. The predicted octanol–water partition coefficient (Wildman–Crippen LogP) is 1.21. The Labute approximate surface area is 88.4 Å². The Morgan fingerprint density at radius 2 is 2.40 bits per heavy atom. The van der Waals surface area contributed by atoms with E-state index in [2.05, 4.69) is 10.3 Å². The zero-order valence-corrected chi connectivity index (χ0v) is 9.01. The summed E-state index contributed by atoms with van der Waals surface area (Å²) in [5, 5.41) is 7.84. The van der Waals surface area contributed by atoms with Gasteiger partial charge >= 0.3 is 0 Å². The first-order valence-electron chi connectivity index (χ1n) is 5.17. The van der Waals surface area contributed by atoms with E-state index in [1.807, 2.05) is 6.92 Å². The van der Waals surface area contributed by atoms with Crippen LogP contribution in [0.3, 0.4) is 0 Å². The summed E-state index contributed by atoms with van der Waals surface area (Å²) in [6.45, 7) is 2.75. The molecular formula is C10H15N3O2. The number of aldehydes is 1. The lowest BCUT2D eigenvalue weighted by Gasteiger charge is -2.11. The van der Waals surface area contributed by atoms with Gasteiger partial charge in [-0.3, -0.25) is 4.79 Å². The van der Waals surface area contributed by atoms with Crippen molar-refractivity contribution >= 4 is 6.29 Å². The number of aromatic nitrogens is 3. The number of carbonyl (C=O) groups is 1. The van der Waals surface area contributed by atoms with Crippen LogP contribution < -0.4 is 0 Å². The minimum absolute atomic E-state index is 0.140. The van der Waals surface area contributed by atoms with Crippen LogP contribution in [-0.2, 0) is 11.3 Å². The molecule has 0 bridgehead atoms. The fourth-order valence-corrected chi connectivity index (χ4v) is 1.63. The Kier molecular flexibility index (Phi) is 2.81. The molecule has 0 N–H and O–H groups in total. The summed E-state index contributed by atoms with van der Waals surface area (Å²) in [5.74, 6) is 0.703. The Bertz CT molecular complexity index is 358. The standard InChI is InChI=1S/C10H15N3O2/c1-7(15-2)10-9(6-14)11-12-13(10)5-8-3-4-8/h6-8H,3-5H2,1-2H3. The Morgan fingerprint density at radius 1 is 1.67 bits per heavy atom. The van der Waals surface area contributed by atoms with Gasteiger partial charge in [-0.15, -0.1) is 5.10 Å². The average Bonchev–Trinajstić information content (AvgIpc) is 2.96. The molecule has 0 radical (unpaired) electrons. The number of rotatable bonds is 5. The first kappa shape index (κ1) is 10.3. The zero-order chi connectivity index (χ0) is 10.8. The van der Waals surface area contributed by atoms with Gasteiger partial charge in [-0.1, -0.05) is 5.21 Å². The molecule has 0 saturated heterocycles. The van der Waals surface area contributed by atoms with Crippen LogP contribution in [0.1, 0.15) is 42.1 Å². The highest BCUT2D eigenvalue weighted by molar-refractivity contribution is 5.73. The topological polar surface area (TPSA) is 57.0 Å². The van der Waals surface area contributed by atoms with Crippen LogP contribution in [0.2, 0.25) is 0 Å². The van der Waals surface area contributed by atoms with E-state index in [1.54, 1.807) is 11.8 Å². The lowest BCUT2D eigenvalue weighted by molar-refractivity contribution is 0.104. The molecule has 1 atom stereocenters. The monoisotopic (exact) mass is 209 g/mol. The van der Waals surface area contributed by atoms with Gasteiger partial charge in [-0.05, 0) is 25.7 Å². The summed E-state index contributed by atoms with van der Waals surface area (Å²) < 4.78 is 7.02. The van der Waals surface area contributed by atoms with Crippen molar-refractivity contribution in [1.82, 2.24) is 15.0 Å². The molecule has 1 fully saturated rings. The van der Waals surface area contributed by atoms with E-state index in [1.165, 1.54) is 12.8 Å². The van der Waals surface area contributed by atoms with E-state index in [0.29, 0.717) is 11.6 Å². The largest absolute Gasteiger partial charge is 0.375 e. The van der Waals surface area contributed by atoms with Crippen LogP contribution in [-0.4, -0.2) is 28.4 Å². The zero-order valence-electron chi connectivity index (χ0n) is 9.01. The molecular weight excluding hydrogens is 194 g/mol. The van der Waals surface area contributed by atoms with Crippen LogP contribution in [0.15, 0.2) is 0 Å². The fourth-order valence-electron chi connectivity index (χ4n) is 1.63. The molecule has 2 rings (SSSR count). The SMILES string of the molecule is COC(C)c1c(C=O)nnn1CC1CC1. The van der Waals surface area contributed by atoms with Crippen LogP contribution in [0.5, 0.6) is 0 Å². The first-order valence-corrected chi connectivity index (χ1v) is 5.17. The molecule has 1 aliphatic carbocycles. The highest BCUT2D eigenvalue weighted by atomic mass is 16.5. The van der Waals surface area contributed by atoms with Crippen molar-refractivity contribution in [2.24, 2.45) is 5.92 Å². The molecule has 0 spiro atoms. The number of nitrogens with zero attached hydrogens (tertiary/aromatic N) is 3. The third-order valence-electron chi connectivity index (χ3n) is 2.78. The van der Waals surface area contributed by atoms with Crippen molar-refractivity contribution in [2.75, 3.05) is 7.11 Å². The lowest BCUT2D eigenvalue weighted by atomic mass is 10.2. The molecule has 0 amide bonds. The average molecular weight is 209 g/mol. The summed E-state index contributed by atoms with van der Waals surface area (Å²) in [6, 6.07) is 0. The summed E-state index contributed by atoms with van der Waals surface area (Å²) in [7, 11) is 1.62. The van der Waals surface area contributed by atoms with Gasteiger partial charge in [0.25, 0.3) is 0 Å². The second kappa shape index (κ2) is 4.10. The van der Waals surface area contributed by atoms with Crippen molar-refractivity contribution in [1.29, 1.82) is 0 Å². The predicted molar refractivity (Wildman–Crippen MR) is 53.6 cm³/mol. The summed E-state index contributed by atoms with van der Waals surface area (Å²) in [5.41, 5.74) is 1.18. The van der Waals surface area contributed by atoms with E-state index in [-0.39, 0.29) is 6.10 Å². The maximum atomic E-state index is 10.8. The Hall–Kier alpha value is -1.23. The summed E-state index contributed by atoms with van der Waals surface area (Å²) in [4.78, 5) is 10.8. The second-order valence-electron chi connectivity index (χ2n) is 3.98. The second-order valence-corrected chi connectivity index (χ2v) is 3.98. The number of carbonyl (C=O) groups excluding carboxylic acids is 1. The summed E-state index contributed by atoms with van der Waals surface area (Å²) in [6.07, 6.45) is 3.09. The maximum absolute atomic E-state index is 10.8. The number of ether oxygens (including phenoxy) is 1. The van der Waals surface area contributed by atoms with Gasteiger partial charge in [0.15, 0.2) is 12.0 Å². The van der Waals surface area contributed by atoms with E-state index in [0.717, 1.165) is 18.5 Å². The van der Waals surface area contributed by atoms with Gasteiger partial charge in [0, 0.05) is 13.7 Å². The van der Waals surface area contributed by atoms with E-state index < -0.39 is 0 Å². The lowest BCUT2D eigenvalue weighted by Crippen LogP contribution is -2.11. The number of hydrogen-bond acceptors (Lipinski definition) is 4. The molecule has 1 aliphatic rings. The van der Waals surface area contributed by atoms with Crippen LogP contribution in [0.4, 0.5) is 0 Å². The third-order valence-corrected chi connectivity index (χ3v) is 2.78. The molecule has 1 aromatic rings. The van der Waals surface area contributed by atoms with Gasteiger partial charge in [0.1, 0.15) is 0 Å². The Morgan fingerprint density at radius 3 is 2.93 bits per heavy atom. The maximum Gasteiger partial charge on any atom is 0.172 e. The van der Waals surface area contributed by atoms with Crippen molar-refractivity contribution < 1.29 is 9.53 Å². The number of hydrogen-bond donors (Lipinski definition) is 0. The molecule has 5 nitrogen and oxygen atoms in total.